The molecule has 0 aromatic heterocycles. The van der Waals surface area contributed by atoms with E-state index in [1.807, 2.05) is 18.2 Å². The van der Waals surface area contributed by atoms with E-state index in [0.717, 1.165) is 50.1 Å². The van der Waals surface area contributed by atoms with Crippen molar-refractivity contribution in [2.24, 2.45) is 5.92 Å². The quantitative estimate of drug-likeness (QED) is 0.914. The molecule has 4 nitrogen and oxygen atoms in total. The number of benzene rings is 1. The molecule has 0 bridgehead atoms. The van der Waals surface area contributed by atoms with E-state index in [1.54, 1.807) is 7.11 Å². The molecular formula is C16H24N2O2. The van der Waals surface area contributed by atoms with Crippen molar-refractivity contribution in [1.82, 2.24) is 4.90 Å². The van der Waals surface area contributed by atoms with Crippen LogP contribution in [0.2, 0.25) is 0 Å². The van der Waals surface area contributed by atoms with Gasteiger partial charge in [0, 0.05) is 20.3 Å². The molecule has 3 rings (SSSR count). The lowest BCUT2D eigenvalue weighted by Crippen LogP contribution is -2.45. The highest BCUT2D eigenvalue weighted by Gasteiger charge is 2.24. The SMILES string of the molecule is COCC1CCN(CC2CNc3ccccc3O2)CC1. The minimum absolute atomic E-state index is 0.254. The van der Waals surface area contributed by atoms with Gasteiger partial charge in [0.2, 0.25) is 0 Å². The number of anilines is 1. The molecule has 0 saturated carbocycles. The van der Waals surface area contributed by atoms with Crippen molar-refractivity contribution in [3.63, 3.8) is 0 Å². The van der Waals surface area contributed by atoms with Crippen molar-refractivity contribution >= 4 is 5.69 Å². The van der Waals surface area contributed by atoms with Gasteiger partial charge in [0.25, 0.3) is 0 Å². The first kappa shape index (κ1) is 13.7. The summed E-state index contributed by atoms with van der Waals surface area (Å²) < 4.78 is 11.3. The number of nitrogens with zero attached hydrogens (tertiary/aromatic N) is 1. The first-order valence-corrected chi connectivity index (χ1v) is 7.56. The second-order valence-corrected chi connectivity index (χ2v) is 5.82. The van der Waals surface area contributed by atoms with Gasteiger partial charge in [-0.05, 0) is 44.0 Å². The smallest absolute Gasteiger partial charge is 0.142 e. The number of nitrogens with one attached hydrogen (secondary N) is 1. The second kappa shape index (κ2) is 6.46. The lowest BCUT2D eigenvalue weighted by Gasteiger charge is -2.35. The number of methoxy groups -OCH3 is 1. The van der Waals surface area contributed by atoms with Crippen molar-refractivity contribution in [2.75, 3.05) is 45.2 Å². The van der Waals surface area contributed by atoms with Gasteiger partial charge in [-0.1, -0.05) is 12.1 Å². The maximum Gasteiger partial charge on any atom is 0.142 e. The normalized spacial score (nSPS) is 23.8. The van der Waals surface area contributed by atoms with E-state index in [-0.39, 0.29) is 6.10 Å². The lowest BCUT2D eigenvalue weighted by molar-refractivity contribution is 0.0754. The van der Waals surface area contributed by atoms with Crippen LogP contribution in [-0.2, 0) is 4.74 Å². The molecule has 2 aliphatic heterocycles. The Kier molecular flexibility index (Phi) is 4.43. The van der Waals surface area contributed by atoms with E-state index in [1.165, 1.54) is 12.8 Å². The number of fused-ring (bicyclic) bond motifs is 1. The molecule has 1 N–H and O–H groups in total. The topological polar surface area (TPSA) is 33.7 Å². The lowest BCUT2D eigenvalue weighted by atomic mass is 9.97. The van der Waals surface area contributed by atoms with Crippen molar-refractivity contribution < 1.29 is 9.47 Å². The first-order valence-electron chi connectivity index (χ1n) is 7.56. The standard InChI is InChI=1S/C16H24N2O2/c1-19-12-13-6-8-18(9-7-13)11-14-10-17-15-4-2-3-5-16(15)20-14/h2-5,13-14,17H,6-12H2,1H3. The van der Waals surface area contributed by atoms with Gasteiger partial charge >= 0.3 is 0 Å². The number of ether oxygens (including phenoxy) is 2. The molecule has 0 aliphatic carbocycles. The van der Waals surface area contributed by atoms with E-state index in [0.29, 0.717) is 0 Å². The zero-order chi connectivity index (χ0) is 13.8. The number of para-hydroxylation sites is 2. The summed E-state index contributed by atoms with van der Waals surface area (Å²) in [5.74, 6) is 1.72. The van der Waals surface area contributed by atoms with Crippen molar-refractivity contribution in [1.29, 1.82) is 0 Å². The maximum atomic E-state index is 6.08. The highest BCUT2D eigenvalue weighted by Crippen LogP contribution is 2.28. The molecule has 1 saturated heterocycles. The number of hydrogen-bond acceptors (Lipinski definition) is 4. The first-order chi connectivity index (χ1) is 9.85. The molecule has 1 atom stereocenters. The van der Waals surface area contributed by atoms with Gasteiger partial charge in [0.1, 0.15) is 11.9 Å². The average Bonchev–Trinajstić information content (AvgIpc) is 2.49. The van der Waals surface area contributed by atoms with E-state index in [4.69, 9.17) is 9.47 Å². The fraction of sp³-hybridized carbons (Fsp3) is 0.625. The van der Waals surface area contributed by atoms with Crippen LogP contribution in [0.25, 0.3) is 0 Å². The Morgan fingerprint density at radius 2 is 2.10 bits per heavy atom. The monoisotopic (exact) mass is 276 g/mol. The Morgan fingerprint density at radius 1 is 1.30 bits per heavy atom. The minimum Gasteiger partial charge on any atom is -0.485 e. The molecule has 20 heavy (non-hydrogen) atoms. The van der Waals surface area contributed by atoms with Crippen molar-refractivity contribution in [3.05, 3.63) is 24.3 Å². The van der Waals surface area contributed by atoms with Crippen LogP contribution < -0.4 is 10.1 Å². The summed E-state index contributed by atoms with van der Waals surface area (Å²) in [6.45, 7) is 5.14. The van der Waals surface area contributed by atoms with E-state index < -0.39 is 0 Å². The molecule has 0 spiro atoms. The van der Waals surface area contributed by atoms with Crippen LogP contribution in [0.3, 0.4) is 0 Å². The Labute approximate surface area is 121 Å². The van der Waals surface area contributed by atoms with Crippen LogP contribution in [0.4, 0.5) is 5.69 Å². The van der Waals surface area contributed by atoms with Gasteiger partial charge in [-0.25, -0.2) is 0 Å². The molecule has 2 heterocycles. The number of rotatable bonds is 4. The third-order valence-electron chi connectivity index (χ3n) is 4.27. The van der Waals surface area contributed by atoms with Crippen LogP contribution in [-0.4, -0.2) is 50.9 Å². The molecular weight excluding hydrogens is 252 g/mol. The third-order valence-corrected chi connectivity index (χ3v) is 4.27. The van der Waals surface area contributed by atoms with Crippen LogP contribution in [0.15, 0.2) is 24.3 Å². The minimum atomic E-state index is 0.254. The summed E-state index contributed by atoms with van der Waals surface area (Å²) >= 11 is 0. The molecule has 0 radical (unpaired) electrons. The fourth-order valence-corrected chi connectivity index (χ4v) is 3.12. The van der Waals surface area contributed by atoms with Gasteiger partial charge in [-0.2, -0.15) is 0 Å². The highest BCUT2D eigenvalue weighted by molar-refractivity contribution is 5.57. The second-order valence-electron chi connectivity index (χ2n) is 5.82. The van der Waals surface area contributed by atoms with Crippen molar-refractivity contribution in [2.45, 2.75) is 18.9 Å². The molecule has 2 aliphatic rings. The van der Waals surface area contributed by atoms with E-state index >= 15 is 0 Å². The van der Waals surface area contributed by atoms with Gasteiger partial charge in [0.05, 0.1) is 12.2 Å². The van der Waals surface area contributed by atoms with Gasteiger partial charge in [-0.3, -0.25) is 4.90 Å². The predicted octanol–water partition coefficient (Wildman–Crippen LogP) is 2.22. The van der Waals surface area contributed by atoms with Crippen LogP contribution >= 0.6 is 0 Å². The number of hydrogen-bond donors (Lipinski definition) is 1. The molecule has 1 aromatic rings. The predicted molar refractivity (Wildman–Crippen MR) is 80.4 cm³/mol. The van der Waals surface area contributed by atoms with E-state index in [9.17, 15) is 0 Å². The molecule has 0 amide bonds. The Bertz CT molecular complexity index is 430. The number of likely N-dealkylation sites (tertiary alicyclic amines) is 1. The zero-order valence-electron chi connectivity index (χ0n) is 12.2. The molecule has 1 unspecified atom stereocenters. The fourth-order valence-electron chi connectivity index (χ4n) is 3.12. The largest absolute Gasteiger partial charge is 0.485 e. The summed E-state index contributed by atoms with van der Waals surface area (Å²) in [4.78, 5) is 2.52. The average molecular weight is 276 g/mol. The highest BCUT2D eigenvalue weighted by atomic mass is 16.5. The van der Waals surface area contributed by atoms with Crippen LogP contribution in [0, 0.1) is 5.92 Å². The van der Waals surface area contributed by atoms with E-state index in [2.05, 4.69) is 16.3 Å². The van der Waals surface area contributed by atoms with Crippen LogP contribution in [0.5, 0.6) is 5.75 Å². The summed E-state index contributed by atoms with van der Waals surface area (Å²) in [7, 11) is 1.80. The molecule has 1 fully saturated rings. The molecule has 110 valence electrons. The van der Waals surface area contributed by atoms with Crippen LogP contribution in [0.1, 0.15) is 12.8 Å². The summed E-state index contributed by atoms with van der Waals surface area (Å²) in [6, 6.07) is 8.18. The zero-order valence-corrected chi connectivity index (χ0v) is 12.2. The molecule has 4 heteroatoms. The van der Waals surface area contributed by atoms with Gasteiger partial charge < -0.3 is 14.8 Å². The summed E-state index contributed by atoms with van der Waals surface area (Å²) in [5, 5.41) is 3.46. The Balaban J connectivity index is 1.48. The summed E-state index contributed by atoms with van der Waals surface area (Å²) in [6.07, 6.45) is 2.73. The Morgan fingerprint density at radius 3 is 2.90 bits per heavy atom. The van der Waals surface area contributed by atoms with Gasteiger partial charge in [-0.15, -0.1) is 0 Å². The number of piperidine rings is 1. The molecule has 1 aromatic carbocycles. The van der Waals surface area contributed by atoms with Crippen molar-refractivity contribution in [3.8, 4) is 5.75 Å². The Hall–Kier alpha value is -1.26. The maximum absolute atomic E-state index is 6.08. The summed E-state index contributed by atoms with van der Waals surface area (Å²) in [5.41, 5.74) is 1.11. The third kappa shape index (κ3) is 3.25. The van der Waals surface area contributed by atoms with Gasteiger partial charge in [0.15, 0.2) is 0 Å².